The summed E-state index contributed by atoms with van der Waals surface area (Å²) in [4.78, 5) is 31.1. The minimum atomic E-state index is -0.824. The first-order valence-corrected chi connectivity index (χ1v) is 9.87. The highest BCUT2D eigenvalue weighted by Gasteiger charge is 2.58. The van der Waals surface area contributed by atoms with Crippen LogP contribution in [-0.4, -0.2) is 54.0 Å². The Balaban J connectivity index is 1.31. The fraction of sp³-hybridized carbons (Fsp3) is 0.550. The molecule has 8 nitrogen and oxygen atoms in total. The normalized spacial score (nSPS) is 29.5. The standard InChI is InChI=1S/C20H26N4O4/c1-2-21-20(23-11-14(25)15-4-3-9-28-15)22-7-8-24-18(26)16-12-5-6-13(10-12)17(16)19(24)27/h3-6,9,12-14,16-17,25H,2,7-8,10-11H2,1H3,(H2,21,22,23). The Labute approximate surface area is 163 Å². The number of furan rings is 1. The van der Waals surface area contributed by atoms with Gasteiger partial charge in [0.15, 0.2) is 5.96 Å². The lowest BCUT2D eigenvalue weighted by Crippen LogP contribution is -2.43. The number of carbonyl (C=O) groups is 2. The second-order valence-electron chi connectivity index (χ2n) is 7.51. The first-order chi connectivity index (χ1) is 13.6. The number of aliphatic hydroxyl groups is 1. The summed E-state index contributed by atoms with van der Waals surface area (Å²) >= 11 is 0. The monoisotopic (exact) mass is 386 g/mol. The summed E-state index contributed by atoms with van der Waals surface area (Å²) < 4.78 is 5.17. The lowest BCUT2D eigenvalue weighted by molar-refractivity contribution is -0.140. The van der Waals surface area contributed by atoms with Crippen LogP contribution >= 0.6 is 0 Å². The first kappa shape index (κ1) is 18.7. The highest BCUT2D eigenvalue weighted by atomic mass is 16.4. The van der Waals surface area contributed by atoms with E-state index in [0.717, 1.165) is 6.42 Å². The number of nitrogens with one attached hydrogen (secondary N) is 2. The third-order valence-electron chi connectivity index (χ3n) is 5.83. The predicted octanol–water partition coefficient (Wildman–Crippen LogP) is 0.675. The second kappa shape index (κ2) is 7.79. The van der Waals surface area contributed by atoms with E-state index in [1.807, 2.05) is 6.92 Å². The molecule has 28 heavy (non-hydrogen) atoms. The van der Waals surface area contributed by atoms with Crippen LogP contribution in [0.5, 0.6) is 0 Å². The van der Waals surface area contributed by atoms with Crippen LogP contribution in [-0.2, 0) is 9.59 Å². The van der Waals surface area contributed by atoms with Gasteiger partial charge in [0.25, 0.3) is 0 Å². The Morgan fingerprint density at radius 1 is 1.29 bits per heavy atom. The zero-order valence-corrected chi connectivity index (χ0v) is 15.9. The third-order valence-corrected chi connectivity index (χ3v) is 5.83. The molecule has 5 atom stereocenters. The fourth-order valence-corrected chi connectivity index (χ4v) is 4.56. The van der Waals surface area contributed by atoms with Gasteiger partial charge in [0.1, 0.15) is 11.9 Å². The molecule has 1 aromatic heterocycles. The van der Waals surface area contributed by atoms with Gasteiger partial charge in [-0.1, -0.05) is 12.2 Å². The molecule has 1 aromatic rings. The molecule has 0 radical (unpaired) electrons. The zero-order chi connectivity index (χ0) is 19.7. The first-order valence-electron chi connectivity index (χ1n) is 9.87. The molecule has 2 aliphatic carbocycles. The second-order valence-corrected chi connectivity index (χ2v) is 7.51. The number of carbonyl (C=O) groups excluding carboxylic acids is 2. The molecule has 2 fully saturated rings. The summed E-state index contributed by atoms with van der Waals surface area (Å²) in [6.07, 6.45) is 5.81. The molecule has 0 aromatic carbocycles. The van der Waals surface area contributed by atoms with Crippen molar-refractivity contribution in [3.8, 4) is 0 Å². The maximum atomic E-state index is 12.7. The van der Waals surface area contributed by atoms with Crippen LogP contribution in [0.1, 0.15) is 25.2 Å². The van der Waals surface area contributed by atoms with Crippen LogP contribution in [0.2, 0.25) is 0 Å². The van der Waals surface area contributed by atoms with Crippen LogP contribution < -0.4 is 10.6 Å². The number of fused-ring (bicyclic) bond motifs is 5. The highest BCUT2D eigenvalue weighted by Crippen LogP contribution is 2.52. The van der Waals surface area contributed by atoms with Crippen molar-refractivity contribution in [1.82, 2.24) is 15.5 Å². The number of aliphatic imine (C=N–C) groups is 1. The quantitative estimate of drug-likeness (QED) is 0.275. The molecule has 1 saturated carbocycles. The number of hydrogen-bond acceptors (Lipinski definition) is 5. The van der Waals surface area contributed by atoms with Crippen LogP contribution in [0.25, 0.3) is 0 Å². The molecule has 0 spiro atoms. The molecule has 2 amide bonds. The number of imide groups is 1. The fourth-order valence-electron chi connectivity index (χ4n) is 4.56. The van der Waals surface area contributed by atoms with Crippen molar-refractivity contribution in [1.29, 1.82) is 0 Å². The number of allylic oxidation sites excluding steroid dienone is 2. The van der Waals surface area contributed by atoms with E-state index in [1.165, 1.54) is 11.2 Å². The van der Waals surface area contributed by atoms with E-state index in [2.05, 4.69) is 27.8 Å². The van der Waals surface area contributed by atoms with Gasteiger partial charge < -0.3 is 20.2 Å². The van der Waals surface area contributed by atoms with E-state index in [4.69, 9.17) is 4.42 Å². The van der Waals surface area contributed by atoms with Gasteiger partial charge in [-0.05, 0) is 37.3 Å². The Hall–Kier alpha value is -2.61. The van der Waals surface area contributed by atoms with Gasteiger partial charge in [-0.3, -0.25) is 19.5 Å². The molecule has 2 heterocycles. The lowest BCUT2D eigenvalue weighted by Gasteiger charge is -2.18. The van der Waals surface area contributed by atoms with Crippen LogP contribution in [0, 0.1) is 23.7 Å². The van der Waals surface area contributed by atoms with Gasteiger partial charge in [-0.2, -0.15) is 0 Å². The van der Waals surface area contributed by atoms with Crippen molar-refractivity contribution in [2.75, 3.05) is 26.2 Å². The summed E-state index contributed by atoms with van der Waals surface area (Å²) in [7, 11) is 0. The van der Waals surface area contributed by atoms with Crippen molar-refractivity contribution in [2.45, 2.75) is 19.4 Å². The number of rotatable bonds is 7. The van der Waals surface area contributed by atoms with E-state index in [-0.39, 0.29) is 42.0 Å². The molecule has 150 valence electrons. The maximum Gasteiger partial charge on any atom is 0.233 e. The van der Waals surface area contributed by atoms with Gasteiger partial charge in [0.2, 0.25) is 11.8 Å². The van der Waals surface area contributed by atoms with E-state index in [9.17, 15) is 14.7 Å². The summed E-state index contributed by atoms with van der Waals surface area (Å²) in [5, 5.41) is 16.3. The average molecular weight is 386 g/mol. The van der Waals surface area contributed by atoms with Crippen LogP contribution in [0.15, 0.2) is 40.0 Å². The summed E-state index contributed by atoms with van der Waals surface area (Å²) in [6, 6.07) is 3.41. The molecule has 2 bridgehead atoms. The molecule has 4 rings (SSSR count). The topological polar surface area (TPSA) is 107 Å². The predicted molar refractivity (Wildman–Crippen MR) is 102 cm³/mol. The lowest BCUT2D eigenvalue weighted by atomic mass is 9.85. The van der Waals surface area contributed by atoms with Crippen molar-refractivity contribution in [3.05, 3.63) is 36.3 Å². The Morgan fingerprint density at radius 3 is 2.61 bits per heavy atom. The van der Waals surface area contributed by atoms with Crippen molar-refractivity contribution < 1.29 is 19.1 Å². The summed E-state index contributed by atoms with van der Waals surface area (Å²) in [6.45, 7) is 3.46. The molecule has 3 N–H and O–H groups in total. The zero-order valence-electron chi connectivity index (χ0n) is 15.9. The van der Waals surface area contributed by atoms with Gasteiger partial charge in [0, 0.05) is 19.6 Å². The Kier molecular flexibility index (Phi) is 5.21. The van der Waals surface area contributed by atoms with Crippen LogP contribution in [0.3, 0.4) is 0 Å². The molecule has 8 heteroatoms. The molecule has 1 saturated heterocycles. The molecule has 3 aliphatic rings. The van der Waals surface area contributed by atoms with Gasteiger partial charge in [-0.25, -0.2) is 0 Å². The SMILES string of the molecule is CCNC(=NCC(O)c1ccco1)NCCN1C(=O)C2C3C=CC(C3)C2C1=O. The summed E-state index contributed by atoms with van der Waals surface area (Å²) in [5.41, 5.74) is 0. The van der Waals surface area contributed by atoms with E-state index >= 15 is 0 Å². The molecular weight excluding hydrogens is 360 g/mol. The maximum absolute atomic E-state index is 12.7. The minimum absolute atomic E-state index is 0.0381. The molecule has 5 unspecified atom stereocenters. The summed E-state index contributed by atoms with van der Waals surface area (Å²) in [5.74, 6) is 1.04. The number of nitrogens with zero attached hydrogens (tertiary/aromatic N) is 2. The Morgan fingerprint density at radius 2 is 2.00 bits per heavy atom. The number of aliphatic hydroxyl groups excluding tert-OH is 1. The third kappa shape index (κ3) is 3.32. The van der Waals surface area contributed by atoms with Gasteiger partial charge >= 0.3 is 0 Å². The van der Waals surface area contributed by atoms with Gasteiger partial charge in [0.05, 0.1) is 24.6 Å². The largest absolute Gasteiger partial charge is 0.467 e. The van der Waals surface area contributed by atoms with E-state index < -0.39 is 6.10 Å². The average Bonchev–Trinajstić information content (AvgIpc) is 3.46. The Bertz CT molecular complexity index is 758. The number of guanidine groups is 1. The van der Waals surface area contributed by atoms with Crippen molar-refractivity contribution in [2.24, 2.45) is 28.7 Å². The smallest absolute Gasteiger partial charge is 0.233 e. The minimum Gasteiger partial charge on any atom is -0.467 e. The number of likely N-dealkylation sites (tertiary alicyclic amines) is 1. The van der Waals surface area contributed by atoms with Gasteiger partial charge in [-0.15, -0.1) is 0 Å². The van der Waals surface area contributed by atoms with E-state index in [0.29, 0.717) is 31.4 Å². The highest BCUT2D eigenvalue weighted by molar-refractivity contribution is 6.06. The molecule has 1 aliphatic heterocycles. The van der Waals surface area contributed by atoms with Crippen molar-refractivity contribution >= 4 is 17.8 Å². The molecular formula is C20H26N4O4. The van der Waals surface area contributed by atoms with Crippen LogP contribution in [0.4, 0.5) is 0 Å². The number of amides is 2. The number of hydrogen-bond donors (Lipinski definition) is 3. The van der Waals surface area contributed by atoms with Crippen molar-refractivity contribution in [3.63, 3.8) is 0 Å². The van der Waals surface area contributed by atoms with E-state index in [1.54, 1.807) is 12.1 Å².